The minimum Gasteiger partial charge on any atom is -0.323 e. The summed E-state index contributed by atoms with van der Waals surface area (Å²) in [5.74, 6) is 0. The minimum absolute atomic E-state index is 0.748. The van der Waals surface area contributed by atoms with Crippen molar-refractivity contribution >= 4 is 7.14 Å². The third-order valence-electron chi connectivity index (χ3n) is 2.36. The Morgan fingerprint density at radius 1 is 1.69 bits per heavy atom. The highest BCUT2D eigenvalue weighted by Crippen LogP contribution is 2.50. The third kappa shape index (κ3) is 3.52. The van der Waals surface area contributed by atoms with E-state index in [-0.39, 0.29) is 0 Å². The van der Waals surface area contributed by atoms with Crippen LogP contribution >= 0.6 is 7.14 Å². The third-order valence-corrected chi connectivity index (χ3v) is 5.68. The summed E-state index contributed by atoms with van der Waals surface area (Å²) in [7, 11) is -1.94. The van der Waals surface area contributed by atoms with Gasteiger partial charge in [-0.05, 0) is 26.7 Å². The molecule has 0 radical (unpaired) electrons. The zero-order chi connectivity index (χ0) is 9.90. The van der Waals surface area contributed by atoms with E-state index in [2.05, 4.69) is 19.6 Å². The smallest absolute Gasteiger partial charge is 0.0954 e. The Bertz CT molecular complexity index is 276. The molecule has 1 heterocycles. The molecule has 2 heteroatoms. The minimum atomic E-state index is -1.94. The van der Waals surface area contributed by atoms with Gasteiger partial charge in [0, 0.05) is 18.5 Å². The molecule has 0 unspecified atom stereocenters. The fraction of sp³-hybridized carbons (Fsp3) is 0.636. The molecular formula is C11H19OP. The predicted molar refractivity (Wildman–Crippen MR) is 60.0 cm³/mol. The first-order chi connectivity index (χ1) is 6.02. The first-order valence-corrected chi connectivity index (χ1v) is 7.15. The Morgan fingerprint density at radius 3 is 3.00 bits per heavy atom. The van der Waals surface area contributed by atoms with Crippen LogP contribution in [0.2, 0.25) is 0 Å². The van der Waals surface area contributed by atoms with Crippen molar-refractivity contribution in [2.45, 2.75) is 26.7 Å². The van der Waals surface area contributed by atoms with Gasteiger partial charge in [-0.2, -0.15) is 0 Å². The molecule has 74 valence electrons. The molecule has 0 aromatic carbocycles. The lowest BCUT2D eigenvalue weighted by Crippen LogP contribution is -1.99. The van der Waals surface area contributed by atoms with Crippen LogP contribution in [0.1, 0.15) is 26.7 Å². The number of hydrogen-bond acceptors (Lipinski definition) is 1. The highest BCUT2D eigenvalue weighted by molar-refractivity contribution is 7.64. The molecule has 0 N–H and O–H groups in total. The molecule has 1 nitrogen and oxygen atoms in total. The van der Waals surface area contributed by atoms with E-state index in [9.17, 15) is 4.57 Å². The molecule has 1 rings (SSSR count). The maximum absolute atomic E-state index is 12.4. The van der Waals surface area contributed by atoms with E-state index in [4.69, 9.17) is 0 Å². The Kier molecular flexibility index (Phi) is 3.55. The lowest BCUT2D eigenvalue weighted by Gasteiger charge is -2.16. The average Bonchev–Trinajstić information content (AvgIpc) is 2.09. The maximum atomic E-state index is 12.4. The van der Waals surface area contributed by atoms with Crippen LogP contribution in [-0.2, 0) is 4.57 Å². The van der Waals surface area contributed by atoms with Crippen molar-refractivity contribution in [2.75, 3.05) is 18.5 Å². The molecule has 0 saturated heterocycles. The van der Waals surface area contributed by atoms with Gasteiger partial charge >= 0.3 is 0 Å². The lowest BCUT2D eigenvalue weighted by atomic mass is 10.2. The molecular weight excluding hydrogens is 179 g/mol. The fourth-order valence-electron chi connectivity index (χ4n) is 1.95. The van der Waals surface area contributed by atoms with E-state index in [1.165, 1.54) is 5.57 Å². The van der Waals surface area contributed by atoms with Gasteiger partial charge in [0.25, 0.3) is 0 Å². The number of allylic oxidation sites excluding steroid dienone is 3. The Hall–Kier alpha value is -0.290. The summed E-state index contributed by atoms with van der Waals surface area (Å²) in [6.07, 6.45) is 6.90. The van der Waals surface area contributed by atoms with Crippen molar-refractivity contribution in [2.24, 2.45) is 0 Å². The summed E-state index contributed by atoms with van der Waals surface area (Å²) in [5.41, 5.74) is 2.38. The lowest BCUT2D eigenvalue weighted by molar-refractivity contribution is 0.576. The van der Waals surface area contributed by atoms with Crippen LogP contribution in [0, 0.1) is 0 Å². The molecule has 13 heavy (non-hydrogen) atoms. The van der Waals surface area contributed by atoms with E-state index in [1.54, 1.807) is 0 Å². The van der Waals surface area contributed by atoms with E-state index in [1.807, 2.05) is 6.92 Å². The van der Waals surface area contributed by atoms with Crippen molar-refractivity contribution in [3.63, 3.8) is 0 Å². The largest absolute Gasteiger partial charge is 0.323 e. The van der Waals surface area contributed by atoms with Gasteiger partial charge in [0.15, 0.2) is 0 Å². The zero-order valence-electron chi connectivity index (χ0n) is 8.68. The first kappa shape index (κ1) is 10.8. The van der Waals surface area contributed by atoms with E-state index < -0.39 is 7.14 Å². The molecule has 1 atom stereocenters. The van der Waals surface area contributed by atoms with Crippen molar-refractivity contribution in [1.82, 2.24) is 0 Å². The van der Waals surface area contributed by atoms with E-state index >= 15 is 0 Å². The van der Waals surface area contributed by atoms with Crippen LogP contribution in [-0.4, -0.2) is 18.5 Å². The zero-order valence-corrected chi connectivity index (χ0v) is 9.57. The van der Waals surface area contributed by atoms with Crippen LogP contribution in [0.15, 0.2) is 23.8 Å². The van der Waals surface area contributed by atoms with Gasteiger partial charge < -0.3 is 4.57 Å². The summed E-state index contributed by atoms with van der Waals surface area (Å²) in [6.45, 7) is 7.93. The molecule has 0 aliphatic carbocycles. The van der Waals surface area contributed by atoms with Crippen LogP contribution in [0.4, 0.5) is 0 Å². The van der Waals surface area contributed by atoms with Gasteiger partial charge in [-0.25, -0.2) is 0 Å². The number of rotatable bonds is 2. The highest BCUT2D eigenvalue weighted by atomic mass is 31.2. The standard InChI is InChI=1S/C11H19OP/c1-10(2)8-13(12)7-5-4-6-11(3)9-13/h6H,1,4-5,7-9H2,2-3H3/t13-/m0/s1. The van der Waals surface area contributed by atoms with Crippen molar-refractivity contribution in [3.05, 3.63) is 23.8 Å². The molecule has 0 aromatic heterocycles. The molecule has 0 bridgehead atoms. The van der Waals surface area contributed by atoms with E-state index in [0.29, 0.717) is 0 Å². The monoisotopic (exact) mass is 198 g/mol. The molecule has 1 aliphatic heterocycles. The average molecular weight is 198 g/mol. The highest BCUT2D eigenvalue weighted by Gasteiger charge is 2.23. The summed E-state index contributed by atoms with van der Waals surface area (Å²) >= 11 is 0. The summed E-state index contributed by atoms with van der Waals surface area (Å²) in [6, 6.07) is 0. The van der Waals surface area contributed by atoms with E-state index in [0.717, 1.165) is 36.9 Å². The predicted octanol–water partition coefficient (Wildman–Crippen LogP) is 3.67. The van der Waals surface area contributed by atoms with Gasteiger partial charge in [0.05, 0.1) is 7.14 Å². The van der Waals surface area contributed by atoms with Crippen LogP contribution in [0.3, 0.4) is 0 Å². The van der Waals surface area contributed by atoms with Gasteiger partial charge in [0.2, 0.25) is 0 Å². The normalized spacial score (nSPS) is 29.2. The van der Waals surface area contributed by atoms with Gasteiger partial charge in [-0.3, -0.25) is 0 Å². The Morgan fingerprint density at radius 2 is 2.38 bits per heavy atom. The summed E-state index contributed by atoms with van der Waals surface area (Å²) in [4.78, 5) is 0. The second-order valence-corrected chi connectivity index (χ2v) is 7.44. The SMILES string of the molecule is C=C(C)C[P@@]1(=O)CCCC=C(C)C1. The van der Waals surface area contributed by atoms with Crippen molar-refractivity contribution in [3.8, 4) is 0 Å². The van der Waals surface area contributed by atoms with Crippen molar-refractivity contribution in [1.29, 1.82) is 0 Å². The fourth-order valence-corrected chi connectivity index (χ4v) is 5.16. The second-order valence-electron chi connectivity index (χ2n) is 4.25. The Balaban J connectivity index is 2.72. The van der Waals surface area contributed by atoms with Crippen LogP contribution in [0.25, 0.3) is 0 Å². The topological polar surface area (TPSA) is 17.1 Å². The number of hydrogen-bond donors (Lipinski definition) is 0. The van der Waals surface area contributed by atoms with Gasteiger partial charge in [0.1, 0.15) is 0 Å². The molecule has 0 saturated carbocycles. The van der Waals surface area contributed by atoms with Gasteiger partial charge in [-0.1, -0.05) is 23.8 Å². The molecule has 0 fully saturated rings. The molecule has 0 amide bonds. The maximum Gasteiger partial charge on any atom is 0.0954 e. The van der Waals surface area contributed by atoms with Crippen LogP contribution in [0.5, 0.6) is 0 Å². The second kappa shape index (κ2) is 4.28. The molecule has 0 aromatic rings. The Labute approximate surface area is 81.3 Å². The van der Waals surface area contributed by atoms with Crippen LogP contribution < -0.4 is 0 Å². The summed E-state index contributed by atoms with van der Waals surface area (Å²) in [5, 5.41) is 0. The first-order valence-electron chi connectivity index (χ1n) is 4.89. The molecule has 0 spiro atoms. The summed E-state index contributed by atoms with van der Waals surface area (Å²) < 4.78 is 12.4. The quantitative estimate of drug-likeness (QED) is 0.488. The molecule has 1 aliphatic rings. The van der Waals surface area contributed by atoms with Gasteiger partial charge in [-0.15, -0.1) is 0 Å². The van der Waals surface area contributed by atoms with Crippen molar-refractivity contribution < 1.29 is 4.57 Å².